The predicted molar refractivity (Wildman–Crippen MR) is 74.5 cm³/mol. The normalized spacial score (nSPS) is 32.1. The van der Waals surface area contributed by atoms with Crippen LogP contribution >= 0.6 is 11.8 Å². The van der Waals surface area contributed by atoms with Crippen LogP contribution in [-0.4, -0.2) is 65.3 Å². The second-order valence-electron chi connectivity index (χ2n) is 5.05. The monoisotopic (exact) mass is 317 g/mol. The van der Waals surface area contributed by atoms with Crippen LogP contribution in [0.3, 0.4) is 0 Å². The van der Waals surface area contributed by atoms with Gasteiger partial charge < -0.3 is 14.2 Å². The molecule has 4 atom stereocenters. The Bertz CT molecular complexity index is 442. The molecule has 7 nitrogen and oxygen atoms in total. The third kappa shape index (κ3) is 3.88. The third-order valence-electron chi connectivity index (χ3n) is 3.33. The van der Waals surface area contributed by atoms with E-state index in [2.05, 4.69) is 4.90 Å². The molecule has 0 unspecified atom stereocenters. The average Bonchev–Trinajstić information content (AvgIpc) is 2.79. The summed E-state index contributed by atoms with van der Waals surface area (Å²) < 4.78 is 15.9. The molecule has 0 spiro atoms. The zero-order valence-corrected chi connectivity index (χ0v) is 13.1. The first-order valence-electron chi connectivity index (χ1n) is 6.76. The molecule has 0 saturated carbocycles. The lowest BCUT2D eigenvalue weighted by atomic mass is 10.0. The highest BCUT2D eigenvalue weighted by Gasteiger charge is 2.51. The van der Waals surface area contributed by atoms with E-state index in [1.807, 2.05) is 0 Å². The van der Waals surface area contributed by atoms with E-state index in [0.717, 1.165) is 12.3 Å². The molecule has 0 amide bonds. The van der Waals surface area contributed by atoms with Crippen LogP contribution in [0.25, 0.3) is 0 Å². The number of carbonyl (C=O) groups is 3. The summed E-state index contributed by atoms with van der Waals surface area (Å²) in [4.78, 5) is 36.1. The third-order valence-corrected chi connectivity index (χ3v) is 4.66. The number of hydrogen-bond acceptors (Lipinski definition) is 8. The highest BCUT2D eigenvalue weighted by atomic mass is 32.2. The summed E-state index contributed by atoms with van der Waals surface area (Å²) in [6.45, 7) is 5.18. The summed E-state index contributed by atoms with van der Waals surface area (Å²) in [7, 11) is 0. The molecular weight excluding hydrogens is 298 g/mol. The van der Waals surface area contributed by atoms with Gasteiger partial charge in [0.2, 0.25) is 0 Å². The minimum atomic E-state index is -0.776. The van der Waals surface area contributed by atoms with Gasteiger partial charge in [-0.25, -0.2) is 0 Å². The summed E-state index contributed by atoms with van der Waals surface area (Å²) >= 11 is 1.65. The Kier molecular flexibility index (Phi) is 5.10. The van der Waals surface area contributed by atoms with Gasteiger partial charge in [-0.3, -0.25) is 19.3 Å². The van der Waals surface area contributed by atoms with Crippen LogP contribution < -0.4 is 0 Å². The molecule has 8 heteroatoms. The summed E-state index contributed by atoms with van der Waals surface area (Å²) in [6, 6.07) is 0. The van der Waals surface area contributed by atoms with E-state index in [4.69, 9.17) is 14.2 Å². The Morgan fingerprint density at radius 3 is 2.10 bits per heavy atom. The minimum absolute atomic E-state index is 0.0786. The van der Waals surface area contributed by atoms with Crippen LogP contribution in [0.2, 0.25) is 0 Å². The van der Waals surface area contributed by atoms with Gasteiger partial charge in [-0.15, -0.1) is 11.8 Å². The van der Waals surface area contributed by atoms with Gasteiger partial charge in [-0.1, -0.05) is 0 Å². The molecule has 118 valence electrons. The van der Waals surface area contributed by atoms with Crippen molar-refractivity contribution >= 4 is 29.7 Å². The molecule has 21 heavy (non-hydrogen) atoms. The van der Waals surface area contributed by atoms with Crippen molar-refractivity contribution in [2.75, 3.05) is 18.8 Å². The van der Waals surface area contributed by atoms with E-state index in [-0.39, 0.29) is 5.37 Å². The van der Waals surface area contributed by atoms with E-state index in [0.29, 0.717) is 6.54 Å². The fourth-order valence-electron chi connectivity index (χ4n) is 2.70. The first-order valence-corrected chi connectivity index (χ1v) is 7.80. The number of ether oxygens (including phenoxy) is 3. The van der Waals surface area contributed by atoms with Crippen molar-refractivity contribution in [2.24, 2.45) is 0 Å². The van der Waals surface area contributed by atoms with Gasteiger partial charge in [0.15, 0.2) is 18.3 Å². The van der Waals surface area contributed by atoms with Crippen molar-refractivity contribution in [2.45, 2.75) is 44.5 Å². The molecule has 0 bridgehead atoms. The predicted octanol–water partition coefficient (Wildman–Crippen LogP) is 0.170. The lowest BCUT2D eigenvalue weighted by Crippen LogP contribution is -2.61. The number of thioether (sulfide) groups is 1. The van der Waals surface area contributed by atoms with Crippen LogP contribution in [0.1, 0.15) is 20.8 Å². The van der Waals surface area contributed by atoms with E-state index < -0.39 is 36.2 Å². The first-order chi connectivity index (χ1) is 9.88. The van der Waals surface area contributed by atoms with Crippen LogP contribution in [-0.2, 0) is 28.6 Å². The number of fused-ring (bicyclic) bond motifs is 1. The standard InChI is InChI=1S/C13H19NO6S/c1-7(15)18-10-6-14-4-5-21-13(14)12(20-9(3)17)11(10)19-8(2)16/h10-13H,4-6H2,1-3H3/t10-,11-,12+,13-/m1/s1. The lowest BCUT2D eigenvalue weighted by Gasteiger charge is -2.43. The zero-order valence-electron chi connectivity index (χ0n) is 12.2. The molecule has 0 aliphatic carbocycles. The van der Waals surface area contributed by atoms with Crippen LogP contribution in [0.4, 0.5) is 0 Å². The maximum absolute atomic E-state index is 11.4. The van der Waals surface area contributed by atoms with Gasteiger partial charge in [-0.05, 0) is 0 Å². The van der Waals surface area contributed by atoms with Gasteiger partial charge in [0.05, 0.1) is 5.37 Å². The maximum Gasteiger partial charge on any atom is 0.303 e. The fourth-order valence-corrected chi connectivity index (χ4v) is 4.08. The van der Waals surface area contributed by atoms with Gasteiger partial charge >= 0.3 is 17.9 Å². The van der Waals surface area contributed by atoms with Gasteiger partial charge in [0.1, 0.15) is 0 Å². The molecule has 2 fully saturated rings. The summed E-state index contributed by atoms with van der Waals surface area (Å²) in [5.41, 5.74) is 0. The van der Waals surface area contributed by atoms with Crippen LogP contribution in [0.15, 0.2) is 0 Å². The van der Waals surface area contributed by atoms with E-state index >= 15 is 0 Å². The molecule has 0 radical (unpaired) electrons. The highest BCUT2D eigenvalue weighted by Crippen LogP contribution is 2.36. The van der Waals surface area contributed by atoms with Crippen molar-refractivity contribution in [1.29, 1.82) is 0 Å². The molecule has 2 aliphatic rings. The second-order valence-corrected chi connectivity index (χ2v) is 6.28. The maximum atomic E-state index is 11.4. The van der Waals surface area contributed by atoms with Crippen molar-refractivity contribution < 1.29 is 28.6 Å². The Hall–Kier alpha value is -1.28. The highest BCUT2D eigenvalue weighted by molar-refractivity contribution is 8.00. The van der Waals surface area contributed by atoms with Crippen molar-refractivity contribution in [1.82, 2.24) is 4.90 Å². The molecule has 2 saturated heterocycles. The second kappa shape index (κ2) is 6.65. The number of esters is 3. The number of nitrogens with zero attached hydrogens (tertiary/aromatic N) is 1. The molecular formula is C13H19NO6S. The van der Waals surface area contributed by atoms with Gasteiger partial charge in [0, 0.05) is 39.6 Å². The first kappa shape index (κ1) is 16.1. The van der Waals surface area contributed by atoms with E-state index in [9.17, 15) is 14.4 Å². The number of carbonyl (C=O) groups excluding carboxylic acids is 3. The average molecular weight is 317 g/mol. The Morgan fingerprint density at radius 1 is 0.952 bits per heavy atom. The number of rotatable bonds is 3. The molecule has 2 aliphatic heterocycles. The van der Waals surface area contributed by atoms with E-state index in [1.54, 1.807) is 11.8 Å². The van der Waals surface area contributed by atoms with E-state index in [1.165, 1.54) is 20.8 Å². The molecule has 2 rings (SSSR count). The number of hydrogen-bond donors (Lipinski definition) is 0. The van der Waals surface area contributed by atoms with Crippen molar-refractivity contribution in [3.05, 3.63) is 0 Å². The largest absolute Gasteiger partial charge is 0.457 e. The summed E-state index contributed by atoms with van der Waals surface area (Å²) in [5.74, 6) is -0.509. The van der Waals surface area contributed by atoms with Gasteiger partial charge in [0.25, 0.3) is 0 Å². The molecule has 0 N–H and O–H groups in total. The fraction of sp³-hybridized carbons (Fsp3) is 0.769. The summed E-state index contributed by atoms with van der Waals surface area (Å²) in [5, 5.41) is -0.0786. The molecule has 0 aromatic carbocycles. The van der Waals surface area contributed by atoms with Crippen molar-refractivity contribution in [3.8, 4) is 0 Å². The number of piperidine rings is 1. The SMILES string of the molecule is CC(=O)O[C@H]1[C@H](OC(C)=O)[C@H](OC(C)=O)CN2CCS[C@H]12. The summed E-state index contributed by atoms with van der Waals surface area (Å²) in [6.07, 6.45) is -2.05. The zero-order chi connectivity index (χ0) is 15.6. The minimum Gasteiger partial charge on any atom is -0.457 e. The Labute approximate surface area is 127 Å². The molecule has 2 heterocycles. The Morgan fingerprint density at radius 2 is 1.52 bits per heavy atom. The lowest BCUT2D eigenvalue weighted by molar-refractivity contribution is -0.196. The van der Waals surface area contributed by atoms with Gasteiger partial charge in [-0.2, -0.15) is 0 Å². The molecule has 0 aromatic rings. The van der Waals surface area contributed by atoms with Crippen LogP contribution in [0, 0.1) is 0 Å². The Balaban J connectivity index is 2.25. The smallest absolute Gasteiger partial charge is 0.303 e. The van der Waals surface area contributed by atoms with Crippen molar-refractivity contribution in [3.63, 3.8) is 0 Å². The van der Waals surface area contributed by atoms with Crippen LogP contribution in [0.5, 0.6) is 0 Å². The topological polar surface area (TPSA) is 82.1 Å². The molecule has 0 aromatic heterocycles. The quantitative estimate of drug-likeness (QED) is 0.538.